The molecule has 1 amide bonds. The number of nitro benzene ring substituents is 1. The number of phenolic OH excluding ortho intramolecular Hbond substituents is 1. The highest BCUT2D eigenvalue weighted by molar-refractivity contribution is 6.06. The van der Waals surface area contributed by atoms with Crippen LogP contribution >= 0.6 is 0 Å². The molecule has 2 aromatic rings. The van der Waals surface area contributed by atoms with E-state index in [2.05, 4.69) is 5.32 Å². The average Bonchev–Trinajstić information content (AvgIpc) is 2.59. The van der Waals surface area contributed by atoms with Crippen LogP contribution in [0.2, 0.25) is 0 Å². The molecule has 0 aliphatic carbocycles. The Morgan fingerprint density at radius 2 is 1.55 bits per heavy atom. The molecule has 29 heavy (non-hydrogen) atoms. The second kappa shape index (κ2) is 7.73. The molecule has 156 valence electrons. The molecule has 0 unspecified atom stereocenters. The minimum Gasteiger partial charge on any atom is -0.507 e. The number of nitro groups is 1. The molecule has 0 bridgehead atoms. The van der Waals surface area contributed by atoms with Gasteiger partial charge in [-0.3, -0.25) is 14.9 Å². The molecule has 0 radical (unpaired) electrons. The Morgan fingerprint density at radius 3 is 1.97 bits per heavy atom. The van der Waals surface area contributed by atoms with E-state index in [0.717, 1.165) is 0 Å². The first-order chi connectivity index (χ1) is 13.3. The molecule has 0 atom stereocenters. The molecular weight excluding hydrogens is 372 g/mol. The molecule has 0 spiro atoms. The Kier molecular flexibility index (Phi) is 5.92. The summed E-state index contributed by atoms with van der Waals surface area (Å²) in [6, 6.07) is 7.50. The lowest BCUT2D eigenvalue weighted by molar-refractivity contribution is -0.384. The van der Waals surface area contributed by atoms with Crippen LogP contribution in [0.3, 0.4) is 0 Å². The maximum absolute atomic E-state index is 13.0. The lowest BCUT2D eigenvalue weighted by atomic mass is 9.78. The van der Waals surface area contributed by atoms with Crippen LogP contribution in [0.25, 0.3) is 0 Å². The fraction of sp³-hybridized carbons (Fsp3) is 0.409. The highest BCUT2D eigenvalue weighted by Gasteiger charge is 2.28. The van der Waals surface area contributed by atoms with Crippen molar-refractivity contribution < 1.29 is 19.6 Å². The maximum atomic E-state index is 13.0. The van der Waals surface area contributed by atoms with Crippen LogP contribution in [0.5, 0.6) is 11.5 Å². The van der Waals surface area contributed by atoms with Crippen molar-refractivity contribution in [2.75, 3.05) is 12.4 Å². The summed E-state index contributed by atoms with van der Waals surface area (Å²) in [5.41, 5.74) is 0.618. The van der Waals surface area contributed by atoms with Crippen molar-refractivity contribution in [2.24, 2.45) is 0 Å². The average molecular weight is 400 g/mol. The Hall–Kier alpha value is -3.09. The van der Waals surface area contributed by atoms with E-state index in [9.17, 15) is 20.0 Å². The topological polar surface area (TPSA) is 102 Å². The quantitative estimate of drug-likeness (QED) is 0.545. The first-order valence-electron chi connectivity index (χ1n) is 9.27. The highest BCUT2D eigenvalue weighted by Crippen LogP contribution is 2.40. The Labute approximate surface area is 170 Å². The largest absolute Gasteiger partial charge is 0.507 e. The van der Waals surface area contributed by atoms with Crippen LogP contribution < -0.4 is 10.1 Å². The molecule has 0 heterocycles. The first-order valence-corrected chi connectivity index (χ1v) is 9.27. The van der Waals surface area contributed by atoms with Gasteiger partial charge in [-0.15, -0.1) is 0 Å². The van der Waals surface area contributed by atoms with E-state index in [-0.39, 0.29) is 17.1 Å². The van der Waals surface area contributed by atoms with Gasteiger partial charge in [-0.25, -0.2) is 0 Å². The SMILES string of the molecule is COc1ccc(NC(=O)c2cc(C(C)(C)C)c(O)c(C(C)(C)C)c2)c([N+](=O)[O-])c1. The van der Waals surface area contributed by atoms with Crippen molar-refractivity contribution in [3.05, 3.63) is 57.1 Å². The summed E-state index contributed by atoms with van der Waals surface area (Å²) < 4.78 is 5.02. The van der Waals surface area contributed by atoms with E-state index in [1.165, 1.54) is 19.2 Å². The second-order valence-electron chi connectivity index (χ2n) is 9.01. The van der Waals surface area contributed by atoms with E-state index >= 15 is 0 Å². The minimum atomic E-state index is -0.573. The molecule has 0 aromatic heterocycles. The van der Waals surface area contributed by atoms with Gasteiger partial charge < -0.3 is 15.2 Å². The Balaban J connectivity index is 2.55. The van der Waals surface area contributed by atoms with Gasteiger partial charge in [0, 0.05) is 16.7 Å². The third kappa shape index (κ3) is 4.85. The molecular formula is C22H28N2O5. The van der Waals surface area contributed by atoms with Gasteiger partial charge >= 0.3 is 0 Å². The van der Waals surface area contributed by atoms with Gasteiger partial charge in [-0.2, -0.15) is 0 Å². The van der Waals surface area contributed by atoms with Gasteiger partial charge in [0.15, 0.2) is 0 Å². The number of ether oxygens (including phenoxy) is 1. The van der Waals surface area contributed by atoms with Gasteiger partial charge in [0.25, 0.3) is 11.6 Å². The van der Waals surface area contributed by atoms with Crippen molar-refractivity contribution in [1.29, 1.82) is 0 Å². The summed E-state index contributed by atoms with van der Waals surface area (Å²) in [7, 11) is 1.41. The zero-order valence-electron chi connectivity index (χ0n) is 17.9. The van der Waals surface area contributed by atoms with E-state index in [4.69, 9.17) is 4.74 Å². The first kappa shape index (κ1) is 22.2. The van der Waals surface area contributed by atoms with Crippen molar-refractivity contribution >= 4 is 17.3 Å². The zero-order valence-corrected chi connectivity index (χ0v) is 17.9. The molecule has 0 saturated carbocycles. The summed E-state index contributed by atoms with van der Waals surface area (Å²) >= 11 is 0. The van der Waals surface area contributed by atoms with Crippen LogP contribution in [0.1, 0.15) is 63.0 Å². The van der Waals surface area contributed by atoms with Crippen molar-refractivity contribution in [2.45, 2.75) is 52.4 Å². The summed E-state index contributed by atoms with van der Waals surface area (Å²) in [5, 5.41) is 24.8. The van der Waals surface area contributed by atoms with E-state index in [1.807, 2.05) is 41.5 Å². The summed E-state index contributed by atoms with van der Waals surface area (Å²) in [6.45, 7) is 11.7. The fourth-order valence-corrected chi connectivity index (χ4v) is 3.00. The van der Waals surface area contributed by atoms with Gasteiger partial charge in [-0.1, -0.05) is 41.5 Å². The van der Waals surface area contributed by atoms with Gasteiger partial charge in [0.05, 0.1) is 18.1 Å². The number of carbonyl (C=O) groups excluding carboxylic acids is 1. The lowest BCUT2D eigenvalue weighted by Crippen LogP contribution is -2.21. The summed E-state index contributed by atoms with van der Waals surface area (Å²) in [5.74, 6) is -0.00406. The van der Waals surface area contributed by atoms with Gasteiger partial charge in [0.1, 0.15) is 17.2 Å². The molecule has 7 heteroatoms. The summed E-state index contributed by atoms with van der Waals surface area (Å²) in [4.78, 5) is 23.8. The number of nitrogens with one attached hydrogen (secondary N) is 1. The van der Waals surface area contributed by atoms with E-state index in [1.54, 1.807) is 18.2 Å². The van der Waals surface area contributed by atoms with Crippen molar-refractivity contribution in [3.63, 3.8) is 0 Å². The lowest BCUT2D eigenvalue weighted by Gasteiger charge is -2.28. The van der Waals surface area contributed by atoms with Crippen molar-refractivity contribution in [3.8, 4) is 11.5 Å². The van der Waals surface area contributed by atoms with E-state index in [0.29, 0.717) is 22.4 Å². The number of amides is 1. The molecule has 0 saturated heterocycles. The monoisotopic (exact) mass is 400 g/mol. The number of anilines is 1. The number of methoxy groups -OCH3 is 1. The number of phenols is 1. The number of carbonyl (C=O) groups is 1. The number of aromatic hydroxyl groups is 1. The van der Waals surface area contributed by atoms with Crippen LogP contribution in [0.4, 0.5) is 11.4 Å². The van der Waals surface area contributed by atoms with Gasteiger partial charge in [-0.05, 0) is 35.1 Å². The van der Waals surface area contributed by atoms with Crippen LogP contribution in [0.15, 0.2) is 30.3 Å². The molecule has 2 N–H and O–H groups in total. The number of hydrogen-bond acceptors (Lipinski definition) is 5. The van der Waals surface area contributed by atoms with E-state index < -0.39 is 21.7 Å². The molecule has 2 aromatic carbocycles. The second-order valence-corrected chi connectivity index (χ2v) is 9.01. The molecule has 0 aliphatic heterocycles. The maximum Gasteiger partial charge on any atom is 0.296 e. The number of hydrogen-bond donors (Lipinski definition) is 2. The fourth-order valence-electron chi connectivity index (χ4n) is 3.00. The highest BCUT2D eigenvalue weighted by atomic mass is 16.6. The third-order valence-electron chi connectivity index (χ3n) is 4.64. The van der Waals surface area contributed by atoms with Crippen LogP contribution in [-0.2, 0) is 10.8 Å². The molecule has 0 aliphatic rings. The minimum absolute atomic E-state index is 0.0727. The number of nitrogens with zero attached hydrogens (tertiary/aromatic N) is 1. The third-order valence-corrected chi connectivity index (χ3v) is 4.64. The van der Waals surface area contributed by atoms with Gasteiger partial charge in [0.2, 0.25) is 0 Å². The number of benzene rings is 2. The van der Waals surface area contributed by atoms with Crippen LogP contribution in [-0.4, -0.2) is 23.0 Å². The zero-order chi connectivity index (χ0) is 22.1. The van der Waals surface area contributed by atoms with Crippen LogP contribution in [0, 0.1) is 10.1 Å². The standard InChI is InChI=1S/C22H28N2O5/c1-21(2,3)15-10-13(11-16(19(15)25)22(4,5)6)20(26)23-17-9-8-14(29-7)12-18(17)24(27)28/h8-12,25H,1-7H3,(H,23,26). The summed E-state index contributed by atoms with van der Waals surface area (Å²) in [6.07, 6.45) is 0. The predicted octanol–water partition coefficient (Wildman–Crippen LogP) is 5.16. The molecule has 0 fully saturated rings. The smallest absolute Gasteiger partial charge is 0.296 e. The van der Waals surface area contributed by atoms with Crippen molar-refractivity contribution in [1.82, 2.24) is 0 Å². The Morgan fingerprint density at radius 1 is 1.03 bits per heavy atom. The Bertz CT molecular complexity index is 918. The number of rotatable bonds is 4. The molecule has 2 rings (SSSR count). The molecule has 7 nitrogen and oxygen atoms in total. The predicted molar refractivity (Wildman–Crippen MR) is 113 cm³/mol. The normalized spacial score (nSPS) is 11.8.